The summed E-state index contributed by atoms with van der Waals surface area (Å²) in [5, 5.41) is 15.5. The van der Waals surface area contributed by atoms with E-state index >= 15 is 0 Å². The van der Waals surface area contributed by atoms with Crippen LogP contribution in [-0.4, -0.2) is 25.8 Å². The molecule has 3 rings (SSSR count). The summed E-state index contributed by atoms with van der Waals surface area (Å²) in [4.78, 5) is 13.6. The van der Waals surface area contributed by atoms with E-state index in [1.807, 2.05) is 47.2 Å². The van der Waals surface area contributed by atoms with Gasteiger partial charge in [-0.2, -0.15) is 0 Å². The maximum absolute atomic E-state index is 8.36. The van der Waals surface area contributed by atoms with E-state index in [-0.39, 0.29) is 12.1 Å². The fourth-order valence-corrected chi connectivity index (χ4v) is 3.92. The van der Waals surface area contributed by atoms with Gasteiger partial charge < -0.3 is 14.5 Å². The lowest BCUT2D eigenvalue weighted by atomic mass is 10.0. The van der Waals surface area contributed by atoms with Crippen LogP contribution >= 0.6 is 46.6 Å². The van der Waals surface area contributed by atoms with Gasteiger partial charge in [-0.1, -0.05) is 52.6 Å². The molecule has 0 aliphatic heterocycles. The van der Waals surface area contributed by atoms with Crippen LogP contribution in [0.1, 0.15) is 24.6 Å². The van der Waals surface area contributed by atoms with Crippen molar-refractivity contribution < 1.29 is 15.0 Å². The first-order valence-electron chi connectivity index (χ1n) is 8.53. The Hall–Kier alpha value is -1.97. The van der Waals surface area contributed by atoms with Crippen LogP contribution in [0.5, 0.6) is 0 Å². The minimum Gasteiger partial charge on any atom is -0.360 e. The molecule has 0 saturated carbocycles. The average molecular weight is 491 g/mol. The van der Waals surface area contributed by atoms with E-state index in [2.05, 4.69) is 11.9 Å². The smallest absolute Gasteiger partial charge is 0.291 e. The quantitative estimate of drug-likeness (QED) is 0.174. The summed E-state index contributed by atoms with van der Waals surface area (Å²) in [5.74, 6) is 0.476. The molecule has 0 spiro atoms. The highest BCUT2D eigenvalue weighted by Crippen LogP contribution is 2.36. The highest BCUT2D eigenvalue weighted by molar-refractivity contribution is 7.99. The summed E-state index contributed by atoms with van der Waals surface area (Å²) in [5.41, 5.74) is 0.897. The van der Waals surface area contributed by atoms with Crippen LogP contribution in [0.15, 0.2) is 66.1 Å². The Morgan fingerprint density at radius 2 is 1.83 bits per heavy atom. The number of aromatic nitrogens is 2. The van der Waals surface area contributed by atoms with Crippen LogP contribution in [-0.2, 0) is 4.74 Å². The van der Waals surface area contributed by atoms with Crippen molar-refractivity contribution in [2.75, 3.05) is 5.94 Å². The largest absolute Gasteiger partial charge is 0.360 e. The molecule has 11 heteroatoms. The molecular formula is C19H18Cl3N3O4S. The standard InChI is InChI=1S/C19H17Cl3N2OS.HNO3/c1-13(24-9-8-23-11-24)19(17-7-4-15(21)10-18(17)22)25-12-26-16-5-2-14(20)3-6-16;2-1(3)4/h2-11,13,19H,12H2,1H3;(H,2,3,4). The second-order valence-corrected chi connectivity index (χ2v) is 8.23. The Bertz CT molecular complexity index is 939. The first-order chi connectivity index (χ1) is 14.3. The van der Waals surface area contributed by atoms with Gasteiger partial charge in [0.2, 0.25) is 0 Å². The van der Waals surface area contributed by atoms with Gasteiger partial charge in [-0.05, 0) is 43.3 Å². The molecule has 0 amide bonds. The summed E-state index contributed by atoms with van der Waals surface area (Å²) < 4.78 is 8.23. The van der Waals surface area contributed by atoms with Gasteiger partial charge in [0.1, 0.15) is 6.10 Å². The van der Waals surface area contributed by atoms with E-state index < -0.39 is 5.09 Å². The normalized spacial score (nSPS) is 12.5. The van der Waals surface area contributed by atoms with E-state index in [4.69, 9.17) is 54.9 Å². The molecule has 160 valence electrons. The van der Waals surface area contributed by atoms with Gasteiger partial charge in [0.25, 0.3) is 5.09 Å². The number of ether oxygens (including phenoxy) is 1. The average Bonchev–Trinajstić information content (AvgIpc) is 3.21. The van der Waals surface area contributed by atoms with Crippen molar-refractivity contribution in [1.29, 1.82) is 0 Å². The monoisotopic (exact) mass is 489 g/mol. The van der Waals surface area contributed by atoms with E-state index in [0.29, 0.717) is 16.0 Å². The minimum absolute atomic E-state index is 0.0157. The molecule has 0 radical (unpaired) electrons. The SMILES string of the molecule is CC(C(OCSc1ccc(Cl)cc1)c1ccc(Cl)cc1Cl)n1ccnc1.O=[N+]([O-])O. The number of nitrogens with zero attached hydrogens (tertiary/aromatic N) is 3. The van der Waals surface area contributed by atoms with Crippen LogP contribution in [0.4, 0.5) is 0 Å². The fraction of sp³-hybridized carbons (Fsp3) is 0.211. The molecular weight excluding hydrogens is 473 g/mol. The summed E-state index contributed by atoms with van der Waals surface area (Å²) in [6.45, 7) is 2.07. The van der Waals surface area contributed by atoms with E-state index in [9.17, 15) is 0 Å². The molecule has 2 unspecified atom stereocenters. The van der Waals surface area contributed by atoms with E-state index in [0.717, 1.165) is 15.5 Å². The summed E-state index contributed by atoms with van der Waals surface area (Å²) in [6, 6.07) is 13.2. The number of imidazole rings is 1. The second kappa shape index (κ2) is 12.0. The van der Waals surface area contributed by atoms with Crippen molar-refractivity contribution in [2.24, 2.45) is 0 Å². The van der Waals surface area contributed by atoms with Gasteiger partial charge >= 0.3 is 0 Å². The molecule has 2 atom stereocenters. The predicted octanol–water partition coefficient (Wildman–Crippen LogP) is 6.56. The zero-order valence-corrected chi connectivity index (χ0v) is 18.8. The molecule has 2 aromatic carbocycles. The Morgan fingerprint density at radius 1 is 1.20 bits per heavy atom. The van der Waals surface area contributed by atoms with Crippen molar-refractivity contribution in [3.63, 3.8) is 0 Å². The van der Waals surface area contributed by atoms with Gasteiger partial charge in [0.15, 0.2) is 0 Å². The molecule has 0 saturated heterocycles. The number of benzene rings is 2. The molecule has 1 N–H and O–H groups in total. The zero-order valence-electron chi connectivity index (χ0n) is 15.7. The number of hydrogen-bond acceptors (Lipinski definition) is 5. The molecule has 1 heterocycles. The topological polar surface area (TPSA) is 90.4 Å². The Balaban J connectivity index is 0.000000735. The minimum atomic E-state index is -1.50. The highest BCUT2D eigenvalue weighted by atomic mass is 35.5. The Morgan fingerprint density at radius 3 is 2.40 bits per heavy atom. The van der Waals surface area contributed by atoms with E-state index in [1.54, 1.807) is 30.4 Å². The predicted molar refractivity (Wildman–Crippen MR) is 118 cm³/mol. The highest BCUT2D eigenvalue weighted by Gasteiger charge is 2.24. The summed E-state index contributed by atoms with van der Waals surface area (Å²) >= 11 is 20.0. The second-order valence-electron chi connectivity index (χ2n) is 5.96. The third-order valence-corrected chi connectivity index (χ3v) is 5.66. The first kappa shape index (κ1) is 24.3. The lowest BCUT2D eigenvalue weighted by Gasteiger charge is -2.26. The van der Waals surface area contributed by atoms with Crippen LogP contribution in [0.3, 0.4) is 0 Å². The summed E-state index contributed by atoms with van der Waals surface area (Å²) in [7, 11) is 0. The van der Waals surface area contributed by atoms with Crippen molar-refractivity contribution >= 4 is 46.6 Å². The summed E-state index contributed by atoms with van der Waals surface area (Å²) in [6.07, 6.45) is 5.20. The van der Waals surface area contributed by atoms with Crippen molar-refractivity contribution in [1.82, 2.24) is 9.55 Å². The van der Waals surface area contributed by atoms with Gasteiger partial charge in [0.05, 0.1) is 18.3 Å². The van der Waals surface area contributed by atoms with Crippen LogP contribution in [0.2, 0.25) is 15.1 Å². The van der Waals surface area contributed by atoms with Crippen LogP contribution in [0, 0.1) is 10.1 Å². The number of halogens is 3. The first-order valence-corrected chi connectivity index (χ1v) is 10.7. The fourth-order valence-electron chi connectivity index (χ4n) is 2.59. The molecule has 0 fully saturated rings. The number of hydrogen-bond donors (Lipinski definition) is 1. The maximum atomic E-state index is 8.36. The Labute approximate surface area is 192 Å². The molecule has 0 aliphatic carbocycles. The van der Waals surface area contributed by atoms with Gasteiger partial charge in [-0.15, -0.1) is 10.1 Å². The van der Waals surface area contributed by atoms with Crippen LogP contribution in [0.25, 0.3) is 0 Å². The molecule has 30 heavy (non-hydrogen) atoms. The van der Waals surface area contributed by atoms with Crippen molar-refractivity contribution in [3.05, 3.63) is 91.9 Å². The molecule has 3 aromatic rings. The van der Waals surface area contributed by atoms with Crippen molar-refractivity contribution in [3.8, 4) is 0 Å². The molecule has 1 aromatic heterocycles. The lowest BCUT2D eigenvalue weighted by Crippen LogP contribution is -2.17. The molecule has 7 nitrogen and oxygen atoms in total. The number of rotatable bonds is 7. The zero-order chi connectivity index (χ0) is 22.1. The maximum Gasteiger partial charge on any atom is 0.291 e. The molecule has 0 aliphatic rings. The van der Waals surface area contributed by atoms with E-state index in [1.165, 1.54) is 0 Å². The third kappa shape index (κ3) is 7.70. The Kier molecular flexibility index (Phi) is 9.74. The van der Waals surface area contributed by atoms with Crippen molar-refractivity contribution in [2.45, 2.75) is 24.0 Å². The molecule has 0 bridgehead atoms. The lowest BCUT2D eigenvalue weighted by molar-refractivity contribution is -0.742. The van der Waals surface area contributed by atoms with Crippen LogP contribution < -0.4 is 0 Å². The third-order valence-electron chi connectivity index (χ3n) is 3.99. The number of thioether (sulfide) groups is 1. The van der Waals surface area contributed by atoms with Gasteiger partial charge in [-0.3, -0.25) is 0 Å². The van der Waals surface area contributed by atoms with Gasteiger partial charge in [0, 0.05) is 37.9 Å². The van der Waals surface area contributed by atoms with Gasteiger partial charge in [-0.25, -0.2) is 4.98 Å².